The van der Waals surface area contributed by atoms with Gasteiger partial charge in [-0.05, 0) is 54.3 Å². The second-order valence-corrected chi connectivity index (χ2v) is 9.30. The maximum Gasteiger partial charge on any atom is 0.257 e. The van der Waals surface area contributed by atoms with Crippen LogP contribution in [-0.4, -0.2) is 55.0 Å². The average molecular weight is 516 g/mol. The SMILES string of the molecule is COc1ccc2cc1OCCCN(C(=O)c1ccccc1F)CC(=O)NCCc1c([nH]c3ccccc13)C2. The van der Waals surface area contributed by atoms with Crippen LogP contribution < -0.4 is 14.8 Å². The van der Waals surface area contributed by atoms with E-state index >= 15 is 0 Å². The Morgan fingerprint density at radius 3 is 2.74 bits per heavy atom. The molecule has 2 heterocycles. The number of para-hydroxylation sites is 1. The van der Waals surface area contributed by atoms with Crippen LogP contribution in [-0.2, 0) is 17.6 Å². The predicted molar refractivity (Wildman–Crippen MR) is 143 cm³/mol. The van der Waals surface area contributed by atoms with Crippen molar-refractivity contribution in [1.82, 2.24) is 15.2 Å². The molecule has 0 unspecified atom stereocenters. The zero-order valence-corrected chi connectivity index (χ0v) is 21.3. The first kappa shape index (κ1) is 25.3. The van der Waals surface area contributed by atoms with E-state index < -0.39 is 11.7 Å². The number of benzene rings is 3. The number of H-pyrrole nitrogens is 1. The quantitative estimate of drug-likeness (QED) is 0.412. The molecule has 2 amide bonds. The molecule has 1 aliphatic rings. The first-order valence-corrected chi connectivity index (χ1v) is 12.7. The largest absolute Gasteiger partial charge is 0.493 e. The third-order valence-corrected chi connectivity index (χ3v) is 6.76. The Hall–Kier alpha value is -4.33. The van der Waals surface area contributed by atoms with Crippen LogP contribution in [0, 0.1) is 5.82 Å². The second kappa shape index (κ2) is 11.4. The molecule has 0 atom stereocenters. The molecular weight excluding hydrogens is 485 g/mol. The summed E-state index contributed by atoms with van der Waals surface area (Å²) in [5, 5.41) is 4.05. The van der Waals surface area contributed by atoms with Crippen molar-refractivity contribution in [3.05, 3.63) is 94.9 Å². The number of fused-ring (bicyclic) bond motifs is 5. The molecule has 0 aliphatic carbocycles. The van der Waals surface area contributed by atoms with Crippen molar-refractivity contribution in [3.63, 3.8) is 0 Å². The average Bonchev–Trinajstić information content (AvgIpc) is 3.26. The number of hydrogen-bond acceptors (Lipinski definition) is 4. The fraction of sp³-hybridized carbons (Fsp3) is 0.267. The van der Waals surface area contributed by atoms with E-state index in [2.05, 4.69) is 16.4 Å². The summed E-state index contributed by atoms with van der Waals surface area (Å²) >= 11 is 0. The molecule has 2 bridgehead atoms. The number of aromatic amines is 1. The summed E-state index contributed by atoms with van der Waals surface area (Å²) in [6.07, 6.45) is 1.74. The van der Waals surface area contributed by atoms with Crippen LogP contribution in [0.15, 0.2) is 66.7 Å². The van der Waals surface area contributed by atoms with Gasteiger partial charge in [-0.2, -0.15) is 0 Å². The molecule has 0 fully saturated rings. The van der Waals surface area contributed by atoms with Gasteiger partial charge in [0.15, 0.2) is 11.5 Å². The van der Waals surface area contributed by atoms with Crippen LogP contribution in [0.25, 0.3) is 10.9 Å². The molecule has 0 spiro atoms. The van der Waals surface area contributed by atoms with Crippen molar-refractivity contribution in [1.29, 1.82) is 0 Å². The second-order valence-electron chi connectivity index (χ2n) is 9.30. The van der Waals surface area contributed by atoms with E-state index in [1.807, 2.05) is 36.4 Å². The van der Waals surface area contributed by atoms with E-state index in [4.69, 9.17) is 9.47 Å². The number of carbonyl (C=O) groups excluding carboxylic acids is 2. The zero-order valence-electron chi connectivity index (χ0n) is 21.3. The van der Waals surface area contributed by atoms with E-state index in [1.54, 1.807) is 13.2 Å². The molecule has 1 aliphatic heterocycles. The molecular formula is C30H30FN3O4. The third kappa shape index (κ3) is 5.49. The van der Waals surface area contributed by atoms with Gasteiger partial charge in [-0.1, -0.05) is 36.4 Å². The van der Waals surface area contributed by atoms with Gasteiger partial charge in [-0.25, -0.2) is 4.39 Å². The minimum Gasteiger partial charge on any atom is -0.493 e. The monoisotopic (exact) mass is 515 g/mol. The summed E-state index contributed by atoms with van der Waals surface area (Å²) in [6, 6.07) is 19.8. The summed E-state index contributed by atoms with van der Waals surface area (Å²) in [7, 11) is 1.59. The maximum atomic E-state index is 14.4. The van der Waals surface area contributed by atoms with Gasteiger partial charge in [-0.15, -0.1) is 0 Å². The summed E-state index contributed by atoms with van der Waals surface area (Å²) in [5.74, 6) is -0.214. The number of nitrogens with one attached hydrogen (secondary N) is 2. The first-order chi connectivity index (χ1) is 18.5. The van der Waals surface area contributed by atoms with E-state index in [0.717, 1.165) is 27.7 Å². The van der Waals surface area contributed by atoms with Crippen LogP contribution in [0.5, 0.6) is 11.5 Å². The van der Waals surface area contributed by atoms with Crippen molar-refractivity contribution in [2.75, 3.05) is 33.4 Å². The Morgan fingerprint density at radius 1 is 1.08 bits per heavy atom. The van der Waals surface area contributed by atoms with Gasteiger partial charge >= 0.3 is 0 Å². The van der Waals surface area contributed by atoms with Gasteiger partial charge in [0.1, 0.15) is 5.82 Å². The molecule has 4 aromatic rings. The number of methoxy groups -OCH3 is 1. The minimum absolute atomic E-state index is 0.0616. The Bertz CT molecular complexity index is 1470. The standard InChI is InChI=1S/C30H30FN3O4/c1-37-27-12-11-20-17-26-22(21-7-3-5-10-25(21)33-26)13-14-32-29(35)19-34(15-6-16-38-28(27)18-20)30(36)23-8-2-4-9-24(23)31/h2-5,7-12,18,33H,6,13-17,19H2,1H3,(H,32,35). The van der Waals surface area contributed by atoms with Gasteiger partial charge in [-0.3, -0.25) is 9.59 Å². The van der Waals surface area contributed by atoms with E-state index in [9.17, 15) is 14.0 Å². The molecule has 7 nitrogen and oxygen atoms in total. The van der Waals surface area contributed by atoms with Crippen molar-refractivity contribution < 1.29 is 23.5 Å². The lowest BCUT2D eigenvalue weighted by atomic mass is 10.0. The number of ether oxygens (including phenoxy) is 2. The van der Waals surface area contributed by atoms with Crippen molar-refractivity contribution in [3.8, 4) is 11.5 Å². The lowest BCUT2D eigenvalue weighted by molar-refractivity contribution is -0.121. The first-order valence-electron chi connectivity index (χ1n) is 12.7. The third-order valence-electron chi connectivity index (χ3n) is 6.76. The van der Waals surface area contributed by atoms with E-state index in [1.165, 1.54) is 23.1 Å². The van der Waals surface area contributed by atoms with Crippen LogP contribution in [0.3, 0.4) is 0 Å². The summed E-state index contributed by atoms with van der Waals surface area (Å²) in [6.45, 7) is 0.758. The highest BCUT2D eigenvalue weighted by Crippen LogP contribution is 2.31. The molecule has 0 saturated heterocycles. The predicted octanol–water partition coefficient (Wildman–Crippen LogP) is 4.49. The van der Waals surface area contributed by atoms with Crippen LogP contribution in [0.1, 0.15) is 33.6 Å². The topological polar surface area (TPSA) is 83.7 Å². The Balaban J connectivity index is 1.46. The lowest BCUT2D eigenvalue weighted by Gasteiger charge is -2.23. The number of nitrogens with zero attached hydrogens (tertiary/aromatic N) is 1. The van der Waals surface area contributed by atoms with Gasteiger partial charge in [0, 0.05) is 36.1 Å². The molecule has 5 rings (SSSR count). The minimum atomic E-state index is -0.616. The molecule has 0 saturated carbocycles. The fourth-order valence-electron chi connectivity index (χ4n) is 4.89. The van der Waals surface area contributed by atoms with Crippen molar-refractivity contribution >= 4 is 22.7 Å². The maximum absolute atomic E-state index is 14.4. The van der Waals surface area contributed by atoms with Crippen LogP contribution in [0.2, 0.25) is 0 Å². The highest BCUT2D eigenvalue weighted by molar-refractivity contribution is 5.96. The highest BCUT2D eigenvalue weighted by atomic mass is 19.1. The molecule has 0 radical (unpaired) electrons. The van der Waals surface area contributed by atoms with E-state index in [-0.39, 0.29) is 24.6 Å². The fourth-order valence-corrected chi connectivity index (χ4v) is 4.89. The highest BCUT2D eigenvalue weighted by Gasteiger charge is 2.22. The number of aromatic nitrogens is 1. The number of halogens is 1. The number of hydrogen-bond donors (Lipinski definition) is 2. The number of amides is 2. The number of rotatable bonds is 2. The molecule has 2 N–H and O–H groups in total. The summed E-state index contributed by atoms with van der Waals surface area (Å²) < 4.78 is 25.9. The normalized spacial score (nSPS) is 14.9. The van der Waals surface area contributed by atoms with Crippen molar-refractivity contribution in [2.45, 2.75) is 19.3 Å². The lowest BCUT2D eigenvalue weighted by Crippen LogP contribution is -2.42. The Labute approximate surface area is 220 Å². The molecule has 1 aromatic heterocycles. The van der Waals surface area contributed by atoms with Gasteiger partial charge in [0.25, 0.3) is 5.91 Å². The zero-order chi connectivity index (χ0) is 26.5. The summed E-state index contributed by atoms with van der Waals surface area (Å²) in [4.78, 5) is 31.0. The van der Waals surface area contributed by atoms with Crippen LogP contribution in [0.4, 0.5) is 4.39 Å². The van der Waals surface area contributed by atoms with Gasteiger partial charge in [0.05, 0.1) is 25.8 Å². The Morgan fingerprint density at radius 2 is 1.89 bits per heavy atom. The molecule has 3 aromatic carbocycles. The van der Waals surface area contributed by atoms with Crippen LogP contribution >= 0.6 is 0 Å². The van der Waals surface area contributed by atoms with Gasteiger partial charge < -0.3 is 24.7 Å². The number of carbonyl (C=O) groups is 2. The molecule has 38 heavy (non-hydrogen) atoms. The van der Waals surface area contributed by atoms with Gasteiger partial charge in [0.2, 0.25) is 5.91 Å². The van der Waals surface area contributed by atoms with Crippen molar-refractivity contribution in [2.24, 2.45) is 0 Å². The van der Waals surface area contributed by atoms with E-state index in [0.29, 0.717) is 43.9 Å². The smallest absolute Gasteiger partial charge is 0.257 e. The summed E-state index contributed by atoms with van der Waals surface area (Å²) in [5.41, 5.74) is 4.23. The molecule has 196 valence electrons. The Kier molecular flexibility index (Phi) is 7.58. The molecule has 8 heteroatoms.